The molecule has 0 saturated heterocycles. The van der Waals surface area contributed by atoms with Gasteiger partial charge in [0.05, 0.1) is 13.1 Å². The molecule has 6 nitrogen and oxygen atoms in total. The van der Waals surface area contributed by atoms with Gasteiger partial charge in [0.15, 0.2) is 11.5 Å². The molecule has 0 bridgehead atoms. The Morgan fingerprint density at radius 2 is 2.00 bits per heavy atom. The van der Waals surface area contributed by atoms with Gasteiger partial charge in [0.2, 0.25) is 5.89 Å². The Kier molecular flexibility index (Phi) is 5.24. The van der Waals surface area contributed by atoms with E-state index in [0.29, 0.717) is 18.0 Å². The standard InChI is InChI=1S/C14H14BrN3O3/c1-16-7-13-18-11(8-21-13)14(20)17-6-12(19)9-2-4-10(15)5-3-9/h2-5,8,16H,6-7H2,1H3,(H,17,20). The van der Waals surface area contributed by atoms with E-state index in [9.17, 15) is 9.59 Å². The summed E-state index contributed by atoms with van der Waals surface area (Å²) in [6.07, 6.45) is 1.27. The summed E-state index contributed by atoms with van der Waals surface area (Å²) in [4.78, 5) is 27.8. The number of amides is 1. The lowest BCUT2D eigenvalue weighted by atomic mass is 10.1. The van der Waals surface area contributed by atoms with Crippen LogP contribution in [-0.2, 0) is 6.54 Å². The maximum Gasteiger partial charge on any atom is 0.273 e. The molecule has 0 atom stereocenters. The molecule has 1 heterocycles. The third-order valence-corrected chi connectivity index (χ3v) is 3.22. The number of oxazole rings is 1. The number of halogens is 1. The first-order valence-corrected chi connectivity index (χ1v) is 7.05. The molecule has 2 rings (SSSR count). The lowest BCUT2D eigenvalue weighted by Crippen LogP contribution is -2.29. The Labute approximate surface area is 130 Å². The second kappa shape index (κ2) is 7.14. The Hall–Kier alpha value is -1.99. The summed E-state index contributed by atoms with van der Waals surface area (Å²) in [7, 11) is 1.75. The molecule has 7 heteroatoms. The molecule has 2 aromatic rings. The lowest BCUT2D eigenvalue weighted by molar-refractivity contribution is 0.0901. The van der Waals surface area contributed by atoms with E-state index in [1.807, 2.05) is 0 Å². The summed E-state index contributed by atoms with van der Waals surface area (Å²) in [5.74, 6) is -0.191. The minimum Gasteiger partial charge on any atom is -0.447 e. The lowest BCUT2D eigenvalue weighted by Gasteiger charge is -2.02. The molecule has 21 heavy (non-hydrogen) atoms. The van der Waals surface area contributed by atoms with Crippen molar-refractivity contribution in [2.24, 2.45) is 0 Å². The molecule has 110 valence electrons. The van der Waals surface area contributed by atoms with Crippen LogP contribution in [0.5, 0.6) is 0 Å². The average Bonchev–Trinajstić information content (AvgIpc) is 2.94. The Balaban J connectivity index is 1.90. The highest BCUT2D eigenvalue weighted by Crippen LogP contribution is 2.10. The molecular weight excluding hydrogens is 338 g/mol. The summed E-state index contributed by atoms with van der Waals surface area (Å²) in [5, 5.41) is 5.39. The van der Waals surface area contributed by atoms with Crippen molar-refractivity contribution < 1.29 is 14.0 Å². The van der Waals surface area contributed by atoms with E-state index in [1.54, 1.807) is 31.3 Å². The van der Waals surface area contributed by atoms with Crippen molar-refractivity contribution in [3.05, 3.63) is 52.1 Å². The van der Waals surface area contributed by atoms with E-state index in [0.717, 1.165) is 4.47 Å². The first-order valence-electron chi connectivity index (χ1n) is 6.26. The monoisotopic (exact) mass is 351 g/mol. The van der Waals surface area contributed by atoms with Crippen molar-refractivity contribution in [2.45, 2.75) is 6.54 Å². The van der Waals surface area contributed by atoms with Gasteiger partial charge in [-0.15, -0.1) is 0 Å². The molecule has 0 aliphatic heterocycles. The Bertz CT molecular complexity index is 637. The van der Waals surface area contributed by atoms with Crippen molar-refractivity contribution in [3.8, 4) is 0 Å². The first kappa shape index (κ1) is 15.4. The number of hydrogen-bond donors (Lipinski definition) is 2. The fourth-order valence-corrected chi connectivity index (χ4v) is 1.90. The summed E-state index contributed by atoms with van der Waals surface area (Å²) in [5.41, 5.74) is 0.693. The zero-order valence-electron chi connectivity index (χ0n) is 11.4. The fourth-order valence-electron chi connectivity index (χ4n) is 1.64. The van der Waals surface area contributed by atoms with Crippen LogP contribution in [0.1, 0.15) is 26.7 Å². The quantitative estimate of drug-likeness (QED) is 0.774. The van der Waals surface area contributed by atoms with E-state index < -0.39 is 5.91 Å². The van der Waals surface area contributed by atoms with Gasteiger partial charge in [0, 0.05) is 10.0 Å². The van der Waals surface area contributed by atoms with Crippen molar-refractivity contribution in [1.82, 2.24) is 15.6 Å². The predicted molar refractivity (Wildman–Crippen MR) is 80.1 cm³/mol. The van der Waals surface area contributed by atoms with Crippen LogP contribution in [0.3, 0.4) is 0 Å². The number of aromatic nitrogens is 1. The highest BCUT2D eigenvalue weighted by atomic mass is 79.9. The second-order valence-corrected chi connectivity index (χ2v) is 5.19. The number of carbonyl (C=O) groups excluding carboxylic acids is 2. The average molecular weight is 352 g/mol. The molecule has 0 fully saturated rings. The molecule has 1 aromatic carbocycles. The van der Waals surface area contributed by atoms with Gasteiger partial charge >= 0.3 is 0 Å². The number of nitrogens with one attached hydrogen (secondary N) is 2. The topological polar surface area (TPSA) is 84.2 Å². The Morgan fingerprint density at radius 1 is 1.29 bits per heavy atom. The smallest absolute Gasteiger partial charge is 0.273 e. The second-order valence-electron chi connectivity index (χ2n) is 4.27. The third kappa shape index (κ3) is 4.24. The van der Waals surface area contributed by atoms with Crippen molar-refractivity contribution >= 4 is 27.6 Å². The van der Waals surface area contributed by atoms with E-state index in [4.69, 9.17) is 4.42 Å². The zero-order chi connectivity index (χ0) is 15.2. The van der Waals surface area contributed by atoms with Gasteiger partial charge in [-0.1, -0.05) is 28.1 Å². The minimum atomic E-state index is -0.438. The fraction of sp³-hybridized carbons (Fsp3) is 0.214. The molecule has 1 amide bonds. The predicted octanol–water partition coefficient (Wildman–Crippen LogP) is 1.77. The molecule has 0 saturated carbocycles. The molecule has 0 unspecified atom stereocenters. The molecule has 0 radical (unpaired) electrons. The van der Waals surface area contributed by atoms with E-state index in [-0.39, 0.29) is 18.0 Å². The highest BCUT2D eigenvalue weighted by molar-refractivity contribution is 9.10. The van der Waals surface area contributed by atoms with Gasteiger partial charge in [0.25, 0.3) is 5.91 Å². The van der Waals surface area contributed by atoms with Crippen LogP contribution in [0.15, 0.2) is 39.4 Å². The maximum atomic E-state index is 11.9. The van der Waals surface area contributed by atoms with Crippen LogP contribution in [-0.4, -0.2) is 30.3 Å². The van der Waals surface area contributed by atoms with Crippen LogP contribution in [0.2, 0.25) is 0 Å². The minimum absolute atomic E-state index is 0.0886. The van der Waals surface area contributed by atoms with Crippen LogP contribution in [0.25, 0.3) is 0 Å². The van der Waals surface area contributed by atoms with Gasteiger partial charge in [-0.25, -0.2) is 4.98 Å². The Morgan fingerprint density at radius 3 is 2.67 bits per heavy atom. The summed E-state index contributed by atoms with van der Waals surface area (Å²) in [6.45, 7) is 0.347. The van der Waals surface area contributed by atoms with Crippen LogP contribution in [0, 0.1) is 0 Å². The molecule has 0 aliphatic carbocycles. The number of carbonyl (C=O) groups is 2. The summed E-state index contributed by atoms with van der Waals surface area (Å²) < 4.78 is 6.00. The SMILES string of the molecule is CNCc1nc(C(=O)NCC(=O)c2ccc(Br)cc2)co1. The first-order chi connectivity index (χ1) is 10.1. The van der Waals surface area contributed by atoms with Gasteiger partial charge in [-0.2, -0.15) is 0 Å². The largest absolute Gasteiger partial charge is 0.447 e. The van der Waals surface area contributed by atoms with Crippen molar-refractivity contribution in [2.75, 3.05) is 13.6 Å². The summed E-state index contributed by atoms with van der Waals surface area (Å²) >= 11 is 3.30. The number of benzene rings is 1. The van der Waals surface area contributed by atoms with Crippen LogP contribution >= 0.6 is 15.9 Å². The van der Waals surface area contributed by atoms with Gasteiger partial charge in [-0.3, -0.25) is 9.59 Å². The van der Waals surface area contributed by atoms with Crippen LogP contribution in [0.4, 0.5) is 0 Å². The van der Waals surface area contributed by atoms with Gasteiger partial charge in [0.1, 0.15) is 6.26 Å². The third-order valence-electron chi connectivity index (χ3n) is 2.69. The van der Waals surface area contributed by atoms with E-state index in [2.05, 4.69) is 31.5 Å². The molecule has 2 N–H and O–H groups in total. The summed E-state index contributed by atoms with van der Waals surface area (Å²) in [6, 6.07) is 6.94. The van der Waals surface area contributed by atoms with E-state index in [1.165, 1.54) is 6.26 Å². The van der Waals surface area contributed by atoms with E-state index >= 15 is 0 Å². The van der Waals surface area contributed by atoms with Crippen molar-refractivity contribution in [3.63, 3.8) is 0 Å². The molecule has 1 aromatic heterocycles. The van der Waals surface area contributed by atoms with Gasteiger partial charge < -0.3 is 15.1 Å². The van der Waals surface area contributed by atoms with Gasteiger partial charge in [-0.05, 0) is 19.2 Å². The number of hydrogen-bond acceptors (Lipinski definition) is 5. The maximum absolute atomic E-state index is 11.9. The number of nitrogens with zero attached hydrogens (tertiary/aromatic N) is 1. The van der Waals surface area contributed by atoms with Crippen molar-refractivity contribution in [1.29, 1.82) is 0 Å². The normalized spacial score (nSPS) is 10.4. The molecule has 0 spiro atoms. The number of Topliss-reactive ketones (excluding diaryl/α,β-unsaturated/α-hetero) is 1. The zero-order valence-corrected chi connectivity index (χ0v) is 12.9. The highest BCUT2D eigenvalue weighted by Gasteiger charge is 2.13. The number of rotatable bonds is 6. The van der Waals surface area contributed by atoms with Crippen LogP contribution < -0.4 is 10.6 Å². The molecule has 0 aliphatic rings. The number of ketones is 1. The molecular formula is C14H14BrN3O3.